The summed E-state index contributed by atoms with van der Waals surface area (Å²) < 4.78 is 0. The topological polar surface area (TPSA) is 43.1 Å². The average molecular weight is 243 g/mol. The Balaban J connectivity index is 2.34. The molecule has 3 atom stereocenters. The zero-order valence-corrected chi connectivity index (χ0v) is 11.1. The highest BCUT2D eigenvalue weighted by molar-refractivity contribution is 5.79. The molecule has 1 aromatic carbocycles. The van der Waals surface area contributed by atoms with Gasteiger partial charge in [0.05, 0.1) is 0 Å². The van der Waals surface area contributed by atoms with Gasteiger partial charge in [-0.05, 0) is 35.8 Å². The molecule has 18 heavy (non-hydrogen) atoms. The lowest BCUT2D eigenvalue weighted by atomic mass is 9.70. The van der Waals surface area contributed by atoms with Gasteiger partial charge in [-0.3, -0.25) is 4.79 Å². The van der Waals surface area contributed by atoms with Crippen LogP contribution >= 0.6 is 0 Å². The Morgan fingerprint density at radius 2 is 2.00 bits per heavy atom. The number of amides is 1. The minimum absolute atomic E-state index is 0.0117. The summed E-state index contributed by atoms with van der Waals surface area (Å²) in [6.45, 7) is 4.33. The molecule has 2 rings (SSSR count). The maximum absolute atomic E-state index is 11.5. The van der Waals surface area contributed by atoms with Crippen LogP contribution in [0.2, 0.25) is 0 Å². The fraction of sp³-hybridized carbons (Fsp3) is 0.438. The molecule has 0 spiro atoms. The Bertz CT molecular complexity index is 449. The number of hydrogen-bond donors (Lipinski definition) is 1. The van der Waals surface area contributed by atoms with E-state index >= 15 is 0 Å². The zero-order chi connectivity index (χ0) is 13.1. The Morgan fingerprint density at radius 3 is 2.56 bits per heavy atom. The van der Waals surface area contributed by atoms with Gasteiger partial charge in [-0.2, -0.15) is 0 Å². The van der Waals surface area contributed by atoms with Gasteiger partial charge in [0.15, 0.2) is 0 Å². The molecule has 0 aliphatic heterocycles. The minimum Gasteiger partial charge on any atom is -0.369 e. The van der Waals surface area contributed by atoms with Crippen molar-refractivity contribution in [2.75, 3.05) is 0 Å². The molecule has 2 N–H and O–H groups in total. The molecule has 1 aliphatic carbocycles. The summed E-state index contributed by atoms with van der Waals surface area (Å²) in [6, 6.07) is 10.4. The highest BCUT2D eigenvalue weighted by atomic mass is 16.1. The van der Waals surface area contributed by atoms with Crippen LogP contribution in [0.5, 0.6) is 0 Å². The Kier molecular flexibility index (Phi) is 3.85. The van der Waals surface area contributed by atoms with Crippen molar-refractivity contribution in [3.05, 3.63) is 42.0 Å². The molecule has 0 bridgehead atoms. The van der Waals surface area contributed by atoms with E-state index in [2.05, 4.69) is 44.2 Å². The van der Waals surface area contributed by atoms with E-state index < -0.39 is 0 Å². The van der Waals surface area contributed by atoms with Crippen LogP contribution in [0.25, 0.3) is 5.57 Å². The predicted octanol–water partition coefficient (Wildman–Crippen LogP) is 3.24. The molecule has 1 aliphatic rings. The second kappa shape index (κ2) is 5.38. The molecule has 2 heteroatoms. The highest BCUT2D eigenvalue weighted by Gasteiger charge is 2.33. The van der Waals surface area contributed by atoms with E-state index in [0.29, 0.717) is 11.8 Å². The fourth-order valence-corrected chi connectivity index (χ4v) is 3.11. The first-order valence-electron chi connectivity index (χ1n) is 6.70. The van der Waals surface area contributed by atoms with Crippen molar-refractivity contribution < 1.29 is 4.79 Å². The monoisotopic (exact) mass is 243 g/mol. The van der Waals surface area contributed by atoms with E-state index in [1.807, 2.05) is 6.07 Å². The summed E-state index contributed by atoms with van der Waals surface area (Å²) in [7, 11) is 0. The fourth-order valence-electron chi connectivity index (χ4n) is 3.11. The van der Waals surface area contributed by atoms with Crippen molar-refractivity contribution in [3.8, 4) is 0 Å². The zero-order valence-electron chi connectivity index (χ0n) is 11.1. The molecule has 0 radical (unpaired) electrons. The maximum atomic E-state index is 11.5. The van der Waals surface area contributed by atoms with Gasteiger partial charge in [-0.25, -0.2) is 0 Å². The molecule has 1 aromatic rings. The first kappa shape index (κ1) is 12.9. The first-order chi connectivity index (χ1) is 8.65. The highest BCUT2D eigenvalue weighted by Crippen LogP contribution is 2.41. The van der Waals surface area contributed by atoms with Crippen LogP contribution < -0.4 is 5.73 Å². The quantitative estimate of drug-likeness (QED) is 0.870. The van der Waals surface area contributed by atoms with Crippen molar-refractivity contribution in [3.63, 3.8) is 0 Å². The molecule has 0 saturated heterocycles. The lowest BCUT2D eigenvalue weighted by Gasteiger charge is -2.34. The third-order valence-corrected chi connectivity index (χ3v) is 4.17. The summed E-state index contributed by atoms with van der Waals surface area (Å²) in [6.07, 6.45) is 4.03. The van der Waals surface area contributed by atoms with Crippen molar-refractivity contribution in [1.29, 1.82) is 0 Å². The molecule has 0 unspecified atom stereocenters. The van der Waals surface area contributed by atoms with E-state index in [-0.39, 0.29) is 11.8 Å². The summed E-state index contributed by atoms with van der Waals surface area (Å²) in [5.41, 5.74) is 8.15. The summed E-state index contributed by atoms with van der Waals surface area (Å²) in [4.78, 5) is 11.5. The molecule has 2 nitrogen and oxygen atoms in total. The van der Waals surface area contributed by atoms with Crippen LogP contribution in [0.15, 0.2) is 36.4 Å². The maximum Gasteiger partial charge on any atom is 0.221 e. The number of rotatable bonds is 3. The van der Waals surface area contributed by atoms with Gasteiger partial charge in [0.25, 0.3) is 0 Å². The molecule has 0 heterocycles. The van der Waals surface area contributed by atoms with Gasteiger partial charge in [0.1, 0.15) is 0 Å². The lowest BCUT2D eigenvalue weighted by molar-refractivity contribution is -0.123. The average Bonchev–Trinajstić information content (AvgIpc) is 2.39. The summed E-state index contributed by atoms with van der Waals surface area (Å²) >= 11 is 0. The van der Waals surface area contributed by atoms with Gasteiger partial charge in [0.2, 0.25) is 5.91 Å². The number of carbonyl (C=O) groups is 1. The molecule has 0 aromatic heterocycles. The van der Waals surface area contributed by atoms with Crippen LogP contribution in [0.1, 0.15) is 32.3 Å². The van der Waals surface area contributed by atoms with Crippen molar-refractivity contribution in [2.45, 2.75) is 26.7 Å². The number of primary amides is 1. The Labute approximate surface area is 109 Å². The molecular weight excluding hydrogens is 222 g/mol. The lowest BCUT2D eigenvalue weighted by Crippen LogP contribution is -2.35. The second-order valence-electron chi connectivity index (χ2n) is 5.14. The summed E-state index contributed by atoms with van der Waals surface area (Å²) in [5, 5.41) is 0. The van der Waals surface area contributed by atoms with Gasteiger partial charge in [-0.15, -0.1) is 0 Å². The SMILES string of the molecule is CC[C@@H]1C(c2ccccc2)=CC[C@H](C(N)=O)[C@@H]1C. The van der Waals surface area contributed by atoms with E-state index in [1.165, 1.54) is 11.1 Å². The minimum atomic E-state index is -0.163. The van der Waals surface area contributed by atoms with Crippen LogP contribution in [-0.2, 0) is 4.79 Å². The van der Waals surface area contributed by atoms with Gasteiger partial charge >= 0.3 is 0 Å². The number of benzene rings is 1. The van der Waals surface area contributed by atoms with Crippen LogP contribution in [0.3, 0.4) is 0 Å². The van der Waals surface area contributed by atoms with E-state index in [4.69, 9.17) is 5.73 Å². The van der Waals surface area contributed by atoms with Gasteiger partial charge < -0.3 is 5.73 Å². The van der Waals surface area contributed by atoms with Gasteiger partial charge in [0, 0.05) is 5.92 Å². The van der Waals surface area contributed by atoms with Crippen LogP contribution in [-0.4, -0.2) is 5.91 Å². The standard InChI is InChI=1S/C16H21NO/c1-3-13-11(2)14(16(17)18)9-10-15(13)12-7-5-4-6-8-12/h4-8,10-11,13-14H,3,9H2,1-2H3,(H2,17,18)/t11-,13+,14+/m1/s1. The van der Waals surface area contributed by atoms with Crippen LogP contribution in [0.4, 0.5) is 0 Å². The molecule has 0 fully saturated rings. The number of allylic oxidation sites excluding steroid dienone is 2. The number of carbonyl (C=O) groups excluding carboxylic acids is 1. The van der Waals surface area contributed by atoms with E-state index in [0.717, 1.165) is 12.8 Å². The van der Waals surface area contributed by atoms with E-state index in [1.54, 1.807) is 0 Å². The molecular formula is C16H21NO. The van der Waals surface area contributed by atoms with Crippen molar-refractivity contribution >= 4 is 11.5 Å². The largest absolute Gasteiger partial charge is 0.369 e. The normalized spacial score (nSPS) is 27.7. The second-order valence-corrected chi connectivity index (χ2v) is 5.14. The molecule has 96 valence electrons. The Hall–Kier alpha value is -1.57. The number of hydrogen-bond acceptors (Lipinski definition) is 1. The smallest absolute Gasteiger partial charge is 0.221 e. The van der Waals surface area contributed by atoms with Crippen molar-refractivity contribution in [2.24, 2.45) is 23.5 Å². The van der Waals surface area contributed by atoms with Crippen molar-refractivity contribution in [1.82, 2.24) is 0 Å². The Morgan fingerprint density at radius 1 is 1.33 bits per heavy atom. The third kappa shape index (κ3) is 2.33. The third-order valence-electron chi connectivity index (χ3n) is 4.17. The molecule has 0 saturated carbocycles. The number of nitrogens with two attached hydrogens (primary N) is 1. The predicted molar refractivity (Wildman–Crippen MR) is 74.7 cm³/mol. The van der Waals surface area contributed by atoms with Crippen LogP contribution in [0, 0.1) is 17.8 Å². The van der Waals surface area contributed by atoms with E-state index in [9.17, 15) is 4.79 Å². The molecule has 1 amide bonds. The van der Waals surface area contributed by atoms with Gasteiger partial charge in [-0.1, -0.05) is 50.3 Å². The first-order valence-corrected chi connectivity index (χ1v) is 6.70. The summed E-state index contributed by atoms with van der Waals surface area (Å²) in [5.74, 6) is 0.582.